The number of halogens is 2. The van der Waals surface area contributed by atoms with Gasteiger partial charge in [-0.15, -0.1) is 11.3 Å². The van der Waals surface area contributed by atoms with Crippen molar-refractivity contribution in [3.05, 3.63) is 34.0 Å². The van der Waals surface area contributed by atoms with Gasteiger partial charge in [0.05, 0.1) is 11.8 Å². The summed E-state index contributed by atoms with van der Waals surface area (Å²) in [4.78, 5) is 23.7. The second-order valence-electron chi connectivity index (χ2n) is 7.89. The van der Waals surface area contributed by atoms with Crippen molar-refractivity contribution in [2.24, 2.45) is 16.6 Å². The first kappa shape index (κ1) is 21.9. The van der Waals surface area contributed by atoms with Crippen molar-refractivity contribution >= 4 is 41.0 Å². The molecular formula is C19H24F2N6O2S2. The smallest absolute Gasteiger partial charge is 0.387 e. The van der Waals surface area contributed by atoms with E-state index in [1.165, 1.54) is 23.5 Å². The number of aromatic nitrogens is 1. The zero-order valence-electron chi connectivity index (χ0n) is 17.3. The Labute approximate surface area is 187 Å². The van der Waals surface area contributed by atoms with Crippen LogP contribution in [0.5, 0.6) is 0 Å². The van der Waals surface area contributed by atoms with Crippen LogP contribution in [0, 0.1) is 5.92 Å². The average Bonchev–Trinajstić information content (AvgIpc) is 3.42. The Bertz CT molecular complexity index is 961. The van der Waals surface area contributed by atoms with Gasteiger partial charge in [-0.25, -0.2) is 9.98 Å². The van der Waals surface area contributed by atoms with Crippen molar-refractivity contribution in [3.63, 3.8) is 0 Å². The average molecular weight is 471 g/mol. The Morgan fingerprint density at radius 2 is 2.13 bits per heavy atom. The molecule has 1 aliphatic carbocycles. The highest BCUT2D eigenvalue weighted by Gasteiger charge is 2.50. The maximum absolute atomic E-state index is 12.7. The number of allylic oxidation sites excluding steroid dienone is 2. The Kier molecular flexibility index (Phi) is 5.86. The van der Waals surface area contributed by atoms with E-state index in [-0.39, 0.29) is 23.5 Å². The molecule has 168 valence electrons. The van der Waals surface area contributed by atoms with Crippen LogP contribution in [0.15, 0.2) is 34.0 Å². The molecule has 31 heavy (non-hydrogen) atoms. The molecule has 0 saturated heterocycles. The molecule has 3 heterocycles. The van der Waals surface area contributed by atoms with E-state index in [2.05, 4.69) is 15.0 Å². The first-order chi connectivity index (χ1) is 14.7. The predicted octanol–water partition coefficient (Wildman–Crippen LogP) is 2.94. The van der Waals surface area contributed by atoms with Gasteiger partial charge >= 0.3 is 6.61 Å². The number of hydrogen-bond acceptors (Lipinski definition) is 9. The highest BCUT2D eigenvalue weighted by molar-refractivity contribution is 7.98. The second-order valence-corrected chi connectivity index (χ2v) is 10.0. The molecule has 1 amide bonds. The summed E-state index contributed by atoms with van der Waals surface area (Å²) in [6.45, 7) is -0.779. The summed E-state index contributed by atoms with van der Waals surface area (Å²) in [6, 6.07) is 0. The minimum atomic E-state index is -2.90. The maximum atomic E-state index is 12.7. The number of thiazole rings is 1. The second kappa shape index (κ2) is 8.30. The lowest BCUT2D eigenvalue weighted by atomic mass is 9.95. The summed E-state index contributed by atoms with van der Waals surface area (Å²) in [5.41, 5.74) is 5.86. The van der Waals surface area contributed by atoms with Crippen molar-refractivity contribution in [1.82, 2.24) is 14.2 Å². The van der Waals surface area contributed by atoms with E-state index in [0.717, 1.165) is 17.8 Å². The van der Waals surface area contributed by atoms with Crippen LogP contribution in [0.4, 0.5) is 14.6 Å². The van der Waals surface area contributed by atoms with Crippen LogP contribution in [0.25, 0.3) is 0 Å². The summed E-state index contributed by atoms with van der Waals surface area (Å²) >= 11 is 3.12. The zero-order valence-corrected chi connectivity index (χ0v) is 19.0. The molecule has 0 spiro atoms. The Balaban J connectivity index is 1.51. The van der Waals surface area contributed by atoms with Gasteiger partial charge in [0, 0.05) is 19.5 Å². The summed E-state index contributed by atoms with van der Waals surface area (Å²) in [5.74, 6) is 1.16. The lowest BCUT2D eigenvalue weighted by Crippen LogP contribution is -2.46. The molecule has 0 bridgehead atoms. The number of aliphatic imine (C=N–C) groups is 1. The number of ether oxygens (including phenoxy) is 1. The number of nitrogens with two attached hydrogens (primary N) is 1. The number of rotatable bonds is 6. The number of guanidine groups is 1. The van der Waals surface area contributed by atoms with Crippen molar-refractivity contribution in [3.8, 4) is 0 Å². The van der Waals surface area contributed by atoms with Crippen LogP contribution >= 0.6 is 23.3 Å². The summed E-state index contributed by atoms with van der Waals surface area (Å²) in [7, 11) is 3.54. The third-order valence-electron chi connectivity index (χ3n) is 5.43. The Hall–Kier alpha value is -2.34. The van der Waals surface area contributed by atoms with Gasteiger partial charge in [0.1, 0.15) is 27.8 Å². The number of nitrogens with one attached hydrogen (secondary N) is 1. The monoisotopic (exact) mass is 470 g/mol. The van der Waals surface area contributed by atoms with Crippen molar-refractivity contribution in [2.75, 3.05) is 26.0 Å². The molecule has 1 aromatic heterocycles. The molecule has 8 nitrogen and oxygen atoms in total. The first-order valence-corrected chi connectivity index (χ1v) is 11.5. The minimum absolute atomic E-state index is 0.0752. The molecule has 3 N–H and O–H groups in total. The lowest BCUT2D eigenvalue weighted by Gasteiger charge is -2.39. The van der Waals surface area contributed by atoms with Gasteiger partial charge in [-0.3, -0.25) is 9.10 Å². The molecule has 1 fully saturated rings. The third kappa shape index (κ3) is 4.49. The number of carbonyl (C=O) groups is 1. The topological polar surface area (TPSA) is 96.1 Å². The number of hydrogen-bond donors (Lipinski definition) is 2. The van der Waals surface area contributed by atoms with Crippen LogP contribution in [-0.4, -0.2) is 58.6 Å². The predicted molar refractivity (Wildman–Crippen MR) is 117 cm³/mol. The van der Waals surface area contributed by atoms with Gasteiger partial charge < -0.3 is 20.7 Å². The molecule has 2 atom stereocenters. The lowest BCUT2D eigenvalue weighted by molar-refractivity contribution is -0.114. The Morgan fingerprint density at radius 1 is 1.39 bits per heavy atom. The quantitative estimate of drug-likeness (QED) is 0.617. The summed E-state index contributed by atoms with van der Waals surface area (Å²) in [5, 5.41) is 5.59. The van der Waals surface area contributed by atoms with Gasteiger partial charge in [-0.2, -0.15) is 8.78 Å². The van der Waals surface area contributed by atoms with E-state index in [9.17, 15) is 13.6 Å². The fourth-order valence-electron chi connectivity index (χ4n) is 3.67. The number of likely N-dealkylation sites (N-methyl/N-ethyl adjacent to an activating group) is 1. The molecule has 3 aliphatic rings. The van der Waals surface area contributed by atoms with E-state index < -0.39 is 12.2 Å². The minimum Gasteiger partial charge on any atom is -0.437 e. The Morgan fingerprint density at radius 3 is 2.77 bits per heavy atom. The SMILES string of the molecule is CN1CC(OC(F)F)=CC=C1C(=O)Nc1csc([C@@]2(C)N=C(N)N(C)S[C@H]2C2CC2)n1. The number of anilines is 1. The van der Waals surface area contributed by atoms with E-state index in [1.54, 1.807) is 29.3 Å². The molecule has 1 aromatic rings. The van der Waals surface area contributed by atoms with Crippen LogP contribution in [0.3, 0.4) is 0 Å². The van der Waals surface area contributed by atoms with E-state index in [1.807, 2.05) is 18.3 Å². The normalized spacial score (nSPS) is 26.4. The van der Waals surface area contributed by atoms with Crippen LogP contribution in [-0.2, 0) is 15.1 Å². The van der Waals surface area contributed by atoms with E-state index in [4.69, 9.17) is 10.7 Å². The highest BCUT2D eigenvalue weighted by atomic mass is 32.2. The highest BCUT2D eigenvalue weighted by Crippen LogP contribution is 2.52. The fraction of sp³-hybridized carbons (Fsp3) is 0.526. The zero-order chi connectivity index (χ0) is 22.3. The number of carbonyl (C=O) groups excluding carboxylic acids is 1. The van der Waals surface area contributed by atoms with Crippen molar-refractivity contribution in [1.29, 1.82) is 0 Å². The third-order valence-corrected chi connectivity index (χ3v) is 8.07. The molecule has 2 aliphatic heterocycles. The molecule has 1 saturated carbocycles. The largest absolute Gasteiger partial charge is 0.437 e. The van der Waals surface area contributed by atoms with Gasteiger partial charge in [-0.1, -0.05) is 0 Å². The van der Waals surface area contributed by atoms with E-state index >= 15 is 0 Å². The van der Waals surface area contributed by atoms with Crippen molar-refractivity contribution < 1.29 is 18.3 Å². The summed E-state index contributed by atoms with van der Waals surface area (Å²) in [6.07, 6.45) is 5.16. The molecular weight excluding hydrogens is 446 g/mol. The van der Waals surface area contributed by atoms with Gasteiger partial charge in [0.15, 0.2) is 0 Å². The van der Waals surface area contributed by atoms with Crippen LogP contribution in [0.2, 0.25) is 0 Å². The number of amides is 1. The first-order valence-electron chi connectivity index (χ1n) is 9.77. The van der Waals surface area contributed by atoms with Gasteiger partial charge in [0.25, 0.3) is 5.91 Å². The molecule has 0 radical (unpaired) electrons. The molecule has 0 unspecified atom stereocenters. The molecule has 12 heteroatoms. The van der Waals surface area contributed by atoms with E-state index in [0.29, 0.717) is 23.4 Å². The molecule has 4 rings (SSSR count). The van der Waals surface area contributed by atoms with Crippen LogP contribution < -0.4 is 11.1 Å². The standard InChI is InChI=1S/C19H24F2N6O2S2/c1-19(14(10-4-5-10)31-27(3)18(22)25-19)16-24-13(9-30-16)23-15(28)12-7-6-11(8-26(12)2)29-17(20)21/h6-7,9-10,14,17H,4-5,8H2,1-3H3,(H2,22,25)(H,23,28)/t14-,19-/m0/s1. The summed E-state index contributed by atoms with van der Waals surface area (Å²) < 4.78 is 31.1. The van der Waals surface area contributed by atoms with Gasteiger partial charge in [0.2, 0.25) is 5.96 Å². The molecule has 0 aromatic carbocycles. The van der Waals surface area contributed by atoms with Gasteiger partial charge in [-0.05, 0) is 49.8 Å². The van der Waals surface area contributed by atoms with Crippen molar-refractivity contribution in [2.45, 2.75) is 37.2 Å². The number of alkyl halides is 2. The number of nitrogens with zero attached hydrogens (tertiary/aromatic N) is 4. The fourth-order valence-corrected chi connectivity index (χ4v) is 5.94. The maximum Gasteiger partial charge on any atom is 0.387 e. The van der Waals surface area contributed by atoms with Crippen LogP contribution in [0.1, 0.15) is 24.8 Å².